The van der Waals surface area contributed by atoms with E-state index < -0.39 is 41.7 Å². The summed E-state index contributed by atoms with van der Waals surface area (Å²) in [6.07, 6.45) is 3.30. The van der Waals surface area contributed by atoms with Gasteiger partial charge in [0.1, 0.15) is 18.7 Å². The van der Waals surface area contributed by atoms with Gasteiger partial charge >= 0.3 is 5.97 Å². The largest absolute Gasteiger partial charge is 0.463 e. The van der Waals surface area contributed by atoms with E-state index in [0.29, 0.717) is 5.69 Å². The molecule has 3 aliphatic rings. The first kappa shape index (κ1) is 22.9. The molecular weight excluding hydrogens is 428 g/mol. The minimum Gasteiger partial charge on any atom is -0.463 e. The Kier molecular flexibility index (Phi) is 6.46. The molecule has 2 atom stereocenters. The van der Waals surface area contributed by atoms with Crippen LogP contribution in [0.15, 0.2) is 18.2 Å². The van der Waals surface area contributed by atoms with Gasteiger partial charge in [-0.1, -0.05) is 6.42 Å². The van der Waals surface area contributed by atoms with Crippen molar-refractivity contribution in [3.05, 3.63) is 29.3 Å². The number of hydrogen-bond acceptors (Lipinski definition) is 8. The molecule has 0 spiro atoms. The van der Waals surface area contributed by atoms with Gasteiger partial charge in [-0.15, -0.1) is 0 Å². The van der Waals surface area contributed by atoms with E-state index in [1.54, 1.807) is 6.92 Å². The van der Waals surface area contributed by atoms with Crippen molar-refractivity contribution in [1.82, 2.24) is 14.7 Å². The lowest BCUT2D eigenvalue weighted by molar-refractivity contribution is -0.157. The topological polar surface area (TPSA) is 130 Å². The van der Waals surface area contributed by atoms with Crippen molar-refractivity contribution < 1.29 is 28.7 Å². The summed E-state index contributed by atoms with van der Waals surface area (Å²) in [7, 11) is 0. The zero-order chi connectivity index (χ0) is 23.7. The van der Waals surface area contributed by atoms with E-state index in [1.807, 2.05) is 0 Å². The van der Waals surface area contributed by atoms with Crippen molar-refractivity contribution >= 4 is 35.3 Å². The number of nitrogen functional groups attached to an aromatic ring is 1. The maximum absolute atomic E-state index is 13.1. The number of likely N-dealkylation sites (tertiary alicyclic amines) is 2. The fourth-order valence-electron chi connectivity index (χ4n) is 4.67. The Morgan fingerprint density at radius 1 is 1.09 bits per heavy atom. The molecule has 0 saturated carbocycles. The molecule has 176 valence electrons. The molecule has 33 heavy (non-hydrogen) atoms. The Balaban J connectivity index is 1.38. The first-order valence-electron chi connectivity index (χ1n) is 11.3. The van der Waals surface area contributed by atoms with Crippen molar-refractivity contribution in [1.29, 1.82) is 0 Å². The molecule has 0 bridgehead atoms. The van der Waals surface area contributed by atoms with Crippen molar-refractivity contribution in [2.75, 3.05) is 32.0 Å². The second-order valence-corrected chi connectivity index (χ2v) is 8.66. The molecule has 1 unspecified atom stereocenters. The number of piperidine rings is 2. The third-order valence-electron chi connectivity index (χ3n) is 6.58. The van der Waals surface area contributed by atoms with Crippen LogP contribution >= 0.6 is 0 Å². The Morgan fingerprint density at radius 2 is 1.79 bits per heavy atom. The van der Waals surface area contributed by atoms with Crippen molar-refractivity contribution in [2.24, 2.45) is 0 Å². The van der Waals surface area contributed by atoms with Crippen LogP contribution in [0, 0.1) is 0 Å². The summed E-state index contributed by atoms with van der Waals surface area (Å²) in [5, 5.41) is 0. The Hall–Kier alpha value is -3.27. The molecule has 10 nitrogen and oxygen atoms in total. The highest BCUT2D eigenvalue weighted by Crippen LogP contribution is 2.30. The lowest BCUT2D eigenvalue weighted by atomic mass is 10.0. The second-order valence-electron chi connectivity index (χ2n) is 8.66. The highest BCUT2D eigenvalue weighted by molar-refractivity contribution is 6.23. The van der Waals surface area contributed by atoms with Gasteiger partial charge in [-0.25, -0.2) is 0 Å². The summed E-state index contributed by atoms with van der Waals surface area (Å²) in [6.45, 7) is 3.21. The molecule has 1 aromatic carbocycles. The van der Waals surface area contributed by atoms with E-state index in [9.17, 15) is 24.0 Å². The number of nitrogens with zero attached hydrogens (tertiary/aromatic N) is 3. The molecular formula is C23H28N4O6. The number of anilines is 1. The third kappa shape index (κ3) is 4.35. The van der Waals surface area contributed by atoms with E-state index in [2.05, 4.69) is 4.90 Å². The van der Waals surface area contributed by atoms with Gasteiger partial charge in [0.25, 0.3) is 17.7 Å². The van der Waals surface area contributed by atoms with Gasteiger partial charge in [-0.2, -0.15) is 0 Å². The van der Waals surface area contributed by atoms with Crippen LogP contribution in [0.25, 0.3) is 0 Å². The highest BCUT2D eigenvalue weighted by atomic mass is 16.5. The molecule has 2 fully saturated rings. The second kappa shape index (κ2) is 9.30. The summed E-state index contributed by atoms with van der Waals surface area (Å²) >= 11 is 0. The number of amides is 4. The Labute approximate surface area is 191 Å². The molecule has 3 heterocycles. The van der Waals surface area contributed by atoms with Crippen LogP contribution in [0.1, 0.15) is 59.7 Å². The normalized spacial score (nSPS) is 22.5. The molecule has 0 radical (unpaired) electrons. The van der Waals surface area contributed by atoms with Crippen LogP contribution in [0.5, 0.6) is 0 Å². The Bertz CT molecular complexity index is 1000. The molecule has 2 saturated heterocycles. The molecule has 1 aromatic rings. The predicted octanol–water partition coefficient (Wildman–Crippen LogP) is 0.800. The number of imide groups is 2. The first-order valence-corrected chi connectivity index (χ1v) is 11.3. The number of fused-ring (bicyclic) bond motifs is 1. The van der Waals surface area contributed by atoms with Gasteiger partial charge in [-0.05, 0) is 57.5 Å². The van der Waals surface area contributed by atoms with Gasteiger partial charge in [0, 0.05) is 12.1 Å². The van der Waals surface area contributed by atoms with Crippen LogP contribution in [0.2, 0.25) is 0 Å². The zero-order valence-electron chi connectivity index (χ0n) is 18.6. The number of hydrogen-bond donors (Lipinski definition) is 1. The molecule has 4 rings (SSSR count). The SMILES string of the molecule is C[C@@H](C(=O)OCCN1C(=O)CCC(N2C(=O)c3ccc(N)cc3C2=O)C1=O)N1CCCCC1. The smallest absolute Gasteiger partial charge is 0.323 e. The number of ether oxygens (including phenoxy) is 1. The van der Waals surface area contributed by atoms with E-state index in [0.717, 1.165) is 42.2 Å². The average Bonchev–Trinajstić information content (AvgIpc) is 3.05. The van der Waals surface area contributed by atoms with Crippen molar-refractivity contribution in [3.8, 4) is 0 Å². The Morgan fingerprint density at radius 3 is 2.52 bits per heavy atom. The summed E-state index contributed by atoms with van der Waals surface area (Å²) in [6, 6.07) is 2.92. The quantitative estimate of drug-likeness (QED) is 0.378. The van der Waals surface area contributed by atoms with Crippen LogP contribution < -0.4 is 5.73 Å². The average molecular weight is 456 g/mol. The third-order valence-corrected chi connectivity index (χ3v) is 6.58. The number of esters is 1. The van der Waals surface area contributed by atoms with Crippen LogP contribution in [0.4, 0.5) is 5.69 Å². The van der Waals surface area contributed by atoms with E-state index >= 15 is 0 Å². The number of carbonyl (C=O) groups excluding carboxylic acids is 5. The molecule has 0 aromatic heterocycles. The van der Waals surface area contributed by atoms with E-state index in [-0.39, 0.29) is 37.1 Å². The monoisotopic (exact) mass is 456 g/mol. The van der Waals surface area contributed by atoms with Crippen LogP contribution in [0.3, 0.4) is 0 Å². The number of carbonyl (C=O) groups is 5. The summed E-state index contributed by atoms with van der Waals surface area (Å²) in [4.78, 5) is 67.5. The van der Waals surface area contributed by atoms with Gasteiger partial charge in [0.2, 0.25) is 5.91 Å². The molecule has 3 aliphatic heterocycles. The lowest BCUT2D eigenvalue weighted by Crippen LogP contribution is -2.56. The fraction of sp³-hybridized carbons (Fsp3) is 0.522. The van der Waals surface area contributed by atoms with E-state index in [4.69, 9.17) is 10.5 Å². The molecule has 2 N–H and O–H groups in total. The fourth-order valence-corrected chi connectivity index (χ4v) is 4.67. The number of benzene rings is 1. The molecule has 0 aliphatic carbocycles. The minimum absolute atomic E-state index is 0.00405. The van der Waals surface area contributed by atoms with Crippen molar-refractivity contribution in [2.45, 2.75) is 51.1 Å². The maximum atomic E-state index is 13.1. The van der Waals surface area contributed by atoms with Crippen LogP contribution in [-0.2, 0) is 19.1 Å². The molecule has 10 heteroatoms. The van der Waals surface area contributed by atoms with Crippen molar-refractivity contribution in [3.63, 3.8) is 0 Å². The lowest BCUT2D eigenvalue weighted by Gasteiger charge is -2.34. The minimum atomic E-state index is -1.08. The van der Waals surface area contributed by atoms with Crippen LogP contribution in [-0.4, -0.2) is 82.6 Å². The first-order chi connectivity index (χ1) is 15.8. The zero-order valence-corrected chi connectivity index (χ0v) is 18.6. The van der Waals surface area contributed by atoms with Gasteiger partial charge < -0.3 is 10.5 Å². The van der Waals surface area contributed by atoms with Gasteiger partial charge in [0.05, 0.1) is 17.7 Å². The summed E-state index contributed by atoms with van der Waals surface area (Å²) in [5.74, 6) is -2.64. The number of nitrogens with two attached hydrogens (primary N) is 1. The number of rotatable bonds is 6. The molecule has 4 amide bonds. The van der Waals surface area contributed by atoms with E-state index in [1.165, 1.54) is 18.2 Å². The van der Waals surface area contributed by atoms with Gasteiger partial charge in [0.15, 0.2) is 0 Å². The van der Waals surface area contributed by atoms with Gasteiger partial charge in [-0.3, -0.25) is 38.7 Å². The predicted molar refractivity (Wildman–Crippen MR) is 117 cm³/mol. The maximum Gasteiger partial charge on any atom is 0.323 e. The summed E-state index contributed by atoms with van der Waals surface area (Å²) < 4.78 is 5.34. The summed E-state index contributed by atoms with van der Waals surface area (Å²) in [5.41, 5.74) is 6.40. The highest BCUT2D eigenvalue weighted by Gasteiger charge is 2.47. The standard InChI is InChI=1S/C23H28N4O6/c1-14(25-9-3-2-4-10-25)23(32)33-12-11-26-19(28)8-7-18(22(26)31)27-20(29)16-6-5-15(24)13-17(16)21(27)30/h5-6,13-14,18H,2-4,7-12,24H2,1H3/t14-,18?/m0/s1.